The van der Waals surface area contributed by atoms with Crippen molar-refractivity contribution in [2.24, 2.45) is 0 Å². The summed E-state index contributed by atoms with van der Waals surface area (Å²) in [7, 11) is 0. The van der Waals surface area contributed by atoms with E-state index >= 15 is 0 Å². The van der Waals surface area contributed by atoms with Gasteiger partial charge < -0.3 is 15.0 Å². The molecule has 1 fully saturated rings. The zero-order chi connectivity index (χ0) is 12.3. The molecule has 2 rings (SSSR count). The third kappa shape index (κ3) is 3.34. The highest BCUT2D eigenvalue weighted by Gasteiger charge is 2.16. The second kappa shape index (κ2) is 5.71. The minimum atomic E-state index is -0.109. The number of ether oxygens (including phenoxy) is 1. The largest absolute Gasteiger partial charge is 0.378 e. The van der Waals surface area contributed by atoms with Gasteiger partial charge in [0, 0.05) is 23.2 Å². The van der Waals surface area contributed by atoms with Gasteiger partial charge in [-0.15, -0.1) is 0 Å². The van der Waals surface area contributed by atoms with Crippen molar-refractivity contribution in [3.63, 3.8) is 0 Å². The molecule has 6 heteroatoms. The number of carbonyl (C=O) groups excluding carboxylic acids is 1. The molecule has 0 bridgehead atoms. The molecule has 1 aromatic carbocycles. The molecule has 0 atom stereocenters. The molecule has 0 unspecified atom stereocenters. The lowest BCUT2D eigenvalue weighted by atomic mass is 10.3. The maximum absolute atomic E-state index is 11.9. The van der Waals surface area contributed by atoms with Crippen LogP contribution < -0.4 is 5.32 Å². The molecule has 0 aliphatic carbocycles. The Kier molecular flexibility index (Phi) is 4.25. The van der Waals surface area contributed by atoms with E-state index in [1.54, 1.807) is 23.1 Å². The van der Waals surface area contributed by atoms with Crippen molar-refractivity contribution in [2.75, 3.05) is 31.6 Å². The lowest BCUT2D eigenvalue weighted by molar-refractivity contribution is 0.0564. The van der Waals surface area contributed by atoms with Gasteiger partial charge in [-0.1, -0.05) is 11.6 Å². The Balaban J connectivity index is 1.99. The van der Waals surface area contributed by atoms with E-state index in [4.69, 9.17) is 16.3 Å². The SMILES string of the molecule is O=C(Nc1ccc(Cl)c(Br)c1)N1CCOCC1. The molecule has 92 valence electrons. The molecule has 1 aromatic rings. The molecule has 0 radical (unpaired) electrons. The molecule has 1 aliphatic rings. The van der Waals surface area contributed by atoms with Gasteiger partial charge in [0.1, 0.15) is 0 Å². The van der Waals surface area contributed by atoms with Gasteiger partial charge in [0.25, 0.3) is 0 Å². The first kappa shape index (κ1) is 12.7. The standard InChI is InChI=1S/C11H12BrClN2O2/c12-9-7-8(1-2-10(9)13)14-11(16)15-3-5-17-6-4-15/h1-2,7H,3-6H2,(H,14,16). The molecule has 2 amide bonds. The summed E-state index contributed by atoms with van der Waals surface area (Å²) in [5, 5.41) is 3.44. The van der Waals surface area contributed by atoms with Crippen molar-refractivity contribution < 1.29 is 9.53 Å². The number of rotatable bonds is 1. The third-order valence-electron chi connectivity index (χ3n) is 2.47. The van der Waals surface area contributed by atoms with E-state index in [-0.39, 0.29) is 6.03 Å². The number of morpholine rings is 1. The molecular formula is C11H12BrClN2O2. The Morgan fingerprint density at radius 1 is 1.41 bits per heavy atom. The molecule has 0 spiro atoms. The summed E-state index contributed by atoms with van der Waals surface area (Å²) in [4.78, 5) is 13.6. The number of benzene rings is 1. The average molecular weight is 320 g/mol. The first-order chi connectivity index (χ1) is 8.16. The van der Waals surface area contributed by atoms with Gasteiger partial charge in [-0.2, -0.15) is 0 Å². The van der Waals surface area contributed by atoms with E-state index in [1.165, 1.54) is 0 Å². The van der Waals surface area contributed by atoms with Gasteiger partial charge in [-0.3, -0.25) is 0 Å². The van der Waals surface area contributed by atoms with Crippen LogP contribution in [0.1, 0.15) is 0 Å². The lowest BCUT2D eigenvalue weighted by Crippen LogP contribution is -2.43. The quantitative estimate of drug-likeness (QED) is 0.864. The van der Waals surface area contributed by atoms with Crippen LogP contribution in [0.25, 0.3) is 0 Å². The summed E-state index contributed by atoms with van der Waals surface area (Å²) in [6.45, 7) is 2.44. The lowest BCUT2D eigenvalue weighted by Gasteiger charge is -2.26. The van der Waals surface area contributed by atoms with Gasteiger partial charge in [0.2, 0.25) is 0 Å². The zero-order valence-electron chi connectivity index (χ0n) is 9.08. The number of nitrogens with zero attached hydrogens (tertiary/aromatic N) is 1. The van der Waals surface area contributed by atoms with Gasteiger partial charge >= 0.3 is 6.03 Å². The maximum atomic E-state index is 11.9. The van der Waals surface area contributed by atoms with Crippen LogP contribution in [0.3, 0.4) is 0 Å². The van der Waals surface area contributed by atoms with E-state index < -0.39 is 0 Å². The third-order valence-corrected chi connectivity index (χ3v) is 3.68. The number of hydrogen-bond donors (Lipinski definition) is 1. The zero-order valence-corrected chi connectivity index (χ0v) is 11.4. The van der Waals surface area contributed by atoms with Crippen molar-refractivity contribution in [3.8, 4) is 0 Å². The molecule has 1 N–H and O–H groups in total. The van der Waals surface area contributed by atoms with E-state index in [0.29, 0.717) is 31.3 Å². The second-order valence-electron chi connectivity index (χ2n) is 3.66. The predicted molar refractivity (Wildman–Crippen MR) is 70.6 cm³/mol. The highest BCUT2D eigenvalue weighted by atomic mass is 79.9. The Morgan fingerprint density at radius 3 is 2.76 bits per heavy atom. The summed E-state index contributed by atoms with van der Waals surface area (Å²) in [6, 6.07) is 5.18. The van der Waals surface area contributed by atoms with Gasteiger partial charge in [0.15, 0.2) is 0 Å². The highest BCUT2D eigenvalue weighted by molar-refractivity contribution is 9.10. The van der Waals surface area contributed by atoms with E-state index in [0.717, 1.165) is 10.2 Å². The normalized spacial score (nSPS) is 15.8. The van der Waals surface area contributed by atoms with E-state index in [9.17, 15) is 4.79 Å². The summed E-state index contributed by atoms with van der Waals surface area (Å²) >= 11 is 9.19. The highest BCUT2D eigenvalue weighted by Crippen LogP contribution is 2.25. The summed E-state index contributed by atoms with van der Waals surface area (Å²) in [5.41, 5.74) is 0.720. The molecule has 0 saturated carbocycles. The monoisotopic (exact) mass is 318 g/mol. The van der Waals surface area contributed by atoms with Crippen LogP contribution in [0.15, 0.2) is 22.7 Å². The van der Waals surface area contributed by atoms with Crippen LogP contribution in [-0.4, -0.2) is 37.2 Å². The smallest absolute Gasteiger partial charge is 0.322 e. The van der Waals surface area contributed by atoms with Crippen molar-refractivity contribution in [3.05, 3.63) is 27.7 Å². The van der Waals surface area contributed by atoms with Crippen molar-refractivity contribution in [1.29, 1.82) is 0 Å². The van der Waals surface area contributed by atoms with Crippen LogP contribution in [0.2, 0.25) is 5.02 Å². The number of halogens is 2. The predicted octanol–water partition coefficient (Wildman–Crippen LogP) is 2.97. The van der Waals surface area contributed by atoms with Crippen molar-refractivity contribution in [2.45, 2.75) is 0 Å². The number of hydrogen-bond acceptors (Lipinski definition) is 2. The second-order valence-corrected chi connectivity index (χ2v) is 4.92. The van der Waals surface area contributed by atoms with E-state index in [2.05, 4.69) is 21.2 Å². The Hall–Kier alpha value is -0.780. The molecule has 1 saturated heterocycles. The molecule has 17 heavy (non-hydrogen) atoms. The Morgan fingerprint density at radius 2 is 2.12 bits per heavy atom. The van der Waals surface area contributed by atoms with Gasteiger partial charge in [-0.25, -0.2) is 4.79 Å². The number of amides is 2. The summed E-state index contributed by atoms with van der Waals surface area (Å²) < 4.78 is 5.95. The topological polar surface area (TPSA) is 41.6 Å². The Bertz CT molecular complexity index is 422. The van der Waals surface area contributed by atoms with Crippen LogP contribution in [0, 0.1) is 0 Å². The minimum Gasteiger partial charge on any atom is -0.378 e. The first-order valence-corrected chi connectivity index (χ1v) is 6.42. The van der Waals surface area contributed by atoms with E-state index in [1.807, 2.05) is 0 Å². The molecule has 0 aromatic heterocycles. The number of anilines is 1. The average Bonchev–Trinajstić information content (AvgIpc) is 2.35. The van der Waals surface area contributed by atoms with Crippen molar-refractivity contribution >= 4 is 39.2 Å². The fourth-order valence-electron chi connectivity index (χ4n) is 1.54. The molecule has 4 nitrogen and oxygen atoms in total. The maximum Gasteiger partial charge on any atom is 0.322 e. The van der Waals surface area contributed by atoms with Gasteiger partial charge in [0.05, 0.1) is 18.2 Å². The van der Waals surface area contributed by atoms with Crippen LogP contribution in [0.4, 0.5) is 10.5 Å². The summed E-state index contributed by atoms with van der Waals surface area (Å²) in [6.07, 6.45) is 0. The summed E-state index contributed by atoms with van der Waals surface area (Å²) in [5.74, 6) is 0. The number of nitrogens with one attached hydrogen (secondary N) is 1. The molecule has 1 aliphatic heterocycles. The fourth-order valence-corrected chi connectivity index (χ4v) is 2.04. The fraction of sp³-hybridized carbons (Fsp3) is 0.364. The number of carbonyl (C=O) groups is 1. The van der Waals surface area contributed by atoms with Crippen LogP contribution >= 0.6 is 27.5 Å². The van der Waals surface area contributed by atoms with Crippen LogP contribution in [-0.2, 0) is 4.74 Å². The minimum absolute atomic E-state index is 0.109. The Labute approximate surface area is 113 Å². The first-order valence-electron chi connectivity index (χ1n) is 5.25. The van der Waals surface area contributed by atoms with Gasteiger partial charge in [-0.05, 0) is 34.1 Å². The number of urea groups is 1. The van der Waals surface area contributed by atoms with Crippen LogP contribution in [0.5, 0.6) is 0 Å². The molecule has 1 heterocycles. The molecular weight excluding hydrogens is 307 g/mol. The van der Waals surface area contributed by atoms with Crippen molar-refractivity contribution in [1.82, 2.24) is 4.90 Å².